The van der Waals surface area contributed by atoms with Crippen LogP contribution < -0.4 is 4.74 Å². The highest BCUT2D eigenvalue weighted by molar-refractivity contribution is 5.85. The molecule has 0 unspecified atom stereocenters. The number of pyridine rings is 1. The Balaban J connectivity index is 1.50. The molecule has 4 heterocycles. The lowest BCUT2D eigenvalue weighted by Crippen LogP contribution is -2.02. The van der Waals surface area contributed by atoms with E-state index in [0.717, 1.165) is 0 Å². The molecule has 166 valence electrons. The molecule has 2 aromatic carbocycles. The predicted molar refractivity (Wildman–Crippen MR) is 119 cm³/mol. The monoisotopic (exact) mass is 455 g/mol. The molecule has 6 rings (SSSR count). The fourth-order valence-corrected chi connectivity index (χ4v) is 3.77. The van der Waals surface area contributed by atoms with Crippen molar-refractivity contribution >= 4 is 11.2 Å². The third-order valence-corrected chi connectivity index (χ3v) is 5.30. The second-order valence-corrected chi connectivity index (χ2v) is 7.43. The van der Waals surface area contributed by atoms with Gasteiger partial charge in [0, 0.05) is 11.8 Å². The summed E-state index contributed by atoms with van der Waals surface area (Å²) >= 11 is 0. The maximum Gasteiger partial charge on any atom is 0.242 e. The highest BCUT2D eigenvalue weighted by Gasteiger charge is 2.23. The summed E-state index contributed by atoms with van der Waals surface area (Å²) in [6.45, 7) is -0.0110. The summed E-state index contributed by atoms with van der Waals surface area (Å²) in [5.41, 5.74) is 1.92. The number of nitrogens with zero attached hydrogens (tertiary/aromatic N) is 7. The molecule has 10 heteroatoms. The van der Waals surface area contributed by atoms with Gasteiger partial charge in [-0.15, -0.1) is 15.3 Å². The minimum absolute atomic E-state index is 0.0110. The van der Waals surface area contributed by atoms with Crippen molar-refractivity contribution in [3.8, 4) is 28.4 Å². The topological polar surface area (TPSA) is 82.5 Å². The van der Waals surface area contributed by atoms with Crippen molar-refractivity contribution in [2.75, 3.05) is 0 Å². The molecular weight excluding hydrogens is 440 g/mol. The highest BCUT2D eigenvalue weighted by Crippen LogP contribution is 2.37. The van der Waals surface area contributed by atoms with Gasteiger partial charge in [-0.25, -0.2) is 22.8 Å². The molecule has 0 aliphatic heterocycles. The van der Waals surface area contributed by atoms with Crippen LogP contribution in [0.25, 0.3) is 33.7 Å². The molecule has 34 heavy (non-hydrogen) atoms. The lowest BCUT2D eigenvalue weighted by Gasteiger charge is -2.06. The summed E-state index contributed by atoms with van der Waals surface area (Å²) in [4.78, 5) is 4.42. The van der Waals surface area contributed by atoms with Gasteiger partial charge in [-0.05, 0) is 30.3 Å². The Labute approximate surface area is 191 Å². The Bertz CT molecular complexity index is 1630. The SMILES string of the molecule is Fc1ccccc1-c1c(OCc2nc3ccccn3n2)nn2c(-c3ccccc3F)nncc12. The van der Waals surface area contributed by atoms with Crippen molar-refractivity contribution < 1.29 is 13.5 Å². The zero-order valence-corrected chi connectivity index (χ0v) is 17.5. The van der Waals surface area contributed by atoms with Crippen LogP contribution in [0.1, 0.15) is 5.82 Å². The van der Waals surface area contributed by atoms with E-state index in [0.29, 0.717) is 22.6 Å². The molecule has 0 atom stereocenters. The van der Waals surface area contributed by atoms with Crippen LogP contribution in [0.5, 0.6) is 5.88 Å². The van der Waals surface area contributed by atoms with Crippen molar-refractivity contribution in [1.29, 1.82) is 0 Å². The third kappa shape index (κ3) is 3.32. The van der Waals surface area contributed by atoms with Crippen LogP contribution in [0.2, 0.25) is 0 Å². The molecule has 0 aliphatic carbocycles. The molecule has 0 fully saturated rings. The van der Waals surface area contributed by atoms with E-state index in [4.69, 9.17) is 4.74 Å². The van der Waals surface area contributed by atoms with Gasteiger partial charge >= 0.3 is 0 Å². The van der Waals surface area contributed by atoms with Gasteiger partial charge in [0.05, 0.1) is 17.3 Å². The summed E-state index contributed by atoms with van der Waals surface area (Å²) in [5.74, 6) is -0.237. The number of halogens is 2. The van der Waals surface area contributed by atoms with Crippen molar-refractivity contribution in [2.45, 2.75) is 6.61 Å². The Morgan fingerprint density at radius 1 is 0.824 bits per heavy atom. The van der Waals surface area contributed by atoms with Crippen LogP contribution in [0.15, 0.2) is 79.1 Å². The maximum absolute atomic E-state index is 14.8. The second kappa shape index (κ2) is 8.00. The Morgan fingerprint density at radius 2 is 1.56 bits per heavy atom. The van der Waals surface area contributed by atoms with E-state index in [9.17, 15) is 8.78 Å². The van der Waals surface area contributed by atoms with Crippen molar-refractivity contribution in [1.82, 2.24) is 34.4 Å². The van der Waals surface area contributed by atoms with E-state index in [2.05, 4.69) is 25.4 Å². The molecule has 0 radical (unpaired) electrons. The lowest BCUT2D eigenvalue weighted by molar-refractivity contribution is 0.284. The van der Waals surface area contributed by atoms with Crippen molar-refractivity contribution in [2.24, 2.45) is 0 Å². The van der Waals surface area contributed by atoms with Crippen LogP contribution >= 0.6 is 0 Å². The number of hydrogen-bond acceptors (Lipinski definition) is 6. The standard InChI is InChI=1S/C24H15F2N7O/c25-17-9-3-1-7-15(17)22-19-13-27-29-23(16-8-2-4-10-18(16)26)33(19)31-24(22)34-14-20-28-21-11-5-6-12-32(21)30-20/h1-13H,14H2. The molecule has 0 spiro atoms. The highest BCUT2D eigenvalue weighted by atomic mass is 19.1. The molecule has 0 bridgehead atoms. The van der Waals surface area contributed by atoms with E-state index in [-0.39, 0.29) is 29.4 Å². The summed E-state index contributed by atoms with van der Waals surface area (Å²) < 4.78 is 38.4. The average molecular weight is 455 g/mol. The van der Waals surface area contributed by atoms with Crippen LogP contribution in [0, 0.1) is 11.6 Å². The quantitative estimate of drug-likeness (QED) is 0.384. The molecule has 4 aromatic heterocycles. The first-order valence-electron chi connectivity index (χ1n) is 10.4. The molecule has 0 aliphatic rings. The van der Waals surface area contributed by atoms with Gasteiger partial charge in [-0.2, -0.15) is 5.10 Å². The molecule has 0 N–H and O–H groups in total. The number of hydrogen-bond donors (Lipinski definition) is 0. The Morgan fingerprint density at radius 3 is 2.32 bits per heavy atom. The van der Waals surface area contributed by atoms with E-state index in [1.165, 1.54) is 22.8 Å². The molecule has 6 aromatic rings. The van der Waals surface area contributed by atoms with E-state index in [1.54, 1.807) is 47.1 Å². The fraction of sp³-hybridized carbons (Fsp3) is 0.0417. The Hall–Kier alpha value is -4.73. The second-order valence-electron chi connectivity index (χ2n) is 7.43. The van der Waals surface area contributed by atoms with Crippen molar-refractivity contribution in [3.63, 3.8) is 0 Å². The maximum atomic E-state index is 14.8. The van der Waals surface area contributed by atoms with Gasteiger partial charge < -0.3 is 4.74 Å². The number of aromatic nitrogens is 7. The summed E-state index contributed by atoms with van der Waals surface area (Å²) in [6, 6.07) is 18.0. The number of rotatable bonds is 5. The van der Waals surface area contributed by atoms with Gasteiger partial charge in [0.2, 0.25) is 5.88 Å². The molecule has 8 nitrogen and oxygen atoms in total. The van der Waals surface area contributed by atoms with E-state index in [1.807, 2.05) is 18.2 Å². The number of benzene rings is 2. The lowest BCUT2D eigenvalue weighted by atomic mass is 10.1. The fourth-order valence-electron chi connectivity index (χ4n) is 3.77. The van der Waals surface area contributed by atoms with Crippen molar-refractivity contribution in [3.05, 3.63) is 96.6 Å². The van der Waals surface area contributed by atoms with Crippen LogP contribution in [0.3, 0.4) is 0 Å². The summed E-state index contributed by atoms with van der Waals surface area (Å²) in [5, 5.41) is 17.0. The van der Waals surface area contributed by atoms with E-state index >= 15 is 0 Å². The van der Waals surface area contributed by atoms with E-state index < -0.39 is 11.6 Å². The van der Waals surface area contributed by atoms with Crippen LogP contribution in [-0.4, -0.2) is 34.4 Å². The number of ether oxygens (including phenoxy) is 1. The minimum atomic E-state index is -0.483. The first kappa shape index (κ1) is 19.9. The number of fused-ring (bicyclic) bond motifs is 2. The van der Waals surface area contributed by atoms with Gasteiger partial charge in [0.15, 0.2) is 23.9 Å². The van der Waals surface area contributed by atoms with Gasteiger partial charge in [-0.1, -0.05) is 36.4 Å². The molecule has 0 saturated heterocycles. The van der Waals surface area contributed by atoms with Gasteiger partial charge in [0.1, 0.15) is 17.2 Å². The minimum Gasteiger partial charge on any atom is -0.468 e. The summed E-state index contributed by atoms with van der Waals surface area (Å²) in [6.07, 6.45) is 3.22. The van der Waals surface area contributed by atoms with Crippen LogP contribution in [-0.2, 0) is 6.61 Å². The first-order valence-corrected chi connectivity index (χ1v) is 10.4. The third-order valence-electron chi connectivity index (χ3n) is 5.30. The average Bonchev–Trinajstić information content (AvgIpc) is 3.44. The Kier molecular flexibility index (Phi) is 4.69. The zero-order valence-electron chi connectivity index (χ0n) is 17.5. The normalized spacial score (nSPS) is 11.4. The van der Waals surface area contributed by atoms with Gasteiger partial charge in [0.25, 0.3) is 0 Å². The smallest absolute Gasteiger partial charge is 0.242 e. The first-order chi connectivity index (χ1) is 16.7. The molecular formula is C24H15F2N7O. The largest absolute Gasteiger partial charge is 0.468 e. The predicted octanol–water partition coefficient (Wildman–Crippen LogP) is 4.36. The van der Waals surface area contributed by atoms with Crippen LogP contribution in [0.4, 0.5) is 8.78 Å². The summed E-state index contributed by atoms with van der Waals surface area (Å²) in [7, 11) is 0. The molecule has 0 amide bonds. The molecule has 0 saturated carbocycles. The zero-order chi connectivity index (χ0) is 23.1. The van der Waals surface area contributed by atoms with Gasteiger partial charge in [-0.3, -0.25) is 0 Å².